The van der Waals surface area contributed by atoms with E-state index in [1.54, 1.807) is 0 Å². The Hall–Kier alpha value is -1.40. The van der Waals surface area contributed by atoms with E-state index in [1.807, 2.05) is 24.3 Å². The van der Waals surface area contributed by atoms with Crippen LogP contribution in [0.15, 0.2) is 46.9 Å². The Kier molecular flexibility index (Phi) is 4.68. The lowest BCUT2D eigenvalue weighted by Crippen LogP contribution is -2.16. The molecule has 0 saturated heterocycles. The fraction of sp³-hybridized carbons (Fsp3) is 0.200. The van der Waals surface area contributed by atoms with Crippen molar-refractivity contribution in [3.8, 4) is 0 Å². The van der Waals surface area contributed by atoms with Crippen LogP contribution in [0.1, 0.15) is 22.7 Å². The average molecular weight is 362 g/mol. The van der Waals surface area contributed by atoms with Gasteiger partial charge in [-0.25, -0.2) is 4.39 Å². The summed E-state index contributed by atoms with van der Waals surface area (Å²) >= 11 is 3.36. The number of alkyl halides is 3. The first-order chi connectivity index (χ1) is 9.79. The normalized spacial score (nSPS) is 13.2. The second-order valence-corrected chi connectivity index (χ2v) is 5.49. The van der Waals surface area contributed by atoms with Gasteiger partial charge in [-0.2, -0.15) is 13.2 Å². The first kappa shape index (κ1) is 16.0. The molecule has 6 heteroatoms. The van der Waals surface area contributed by atoms with E-state index in [0.29, 0.717) is 6.42 Å². The predicted octanol–water partition coefficient (Wildman–Crippen LogP) is 4.85. The molecule has 0 spiro atoms. The maximum Gasteiger partial charge on any atom is 0.419 e. The van der Waals surface area contributed by atoms with Gasteiger partial charge < -0.3 is 5.73 Å². The van der Waals surface area contributed by atoms with Gasteiger partial charge in [0.15, 0.2) is 0 Å². The molecule has 0 radical (unpaired) electrons. The lowest BCUT2D eigenvalue weighted by Gasteiger charge is -2.16. The predicted molar refractivity (Wildman–Crippen MR) is 76.2 cm³/mol. The van der Waals surface area contributed by atoms with Gasteiger partial charge in [0.05, 0.1) is 5.56 Å². The van der Waals surface area contributed by atoms with Crippen molar-refractivity contribution in [3.63, 3.8) is 0 Å². The highest BCUT2D eigenvalue weighted by Gasteiger charge is 2.34. The zero-order valence-electron chi connectivity index (χ0n) is 10.8. The maximum atomic E-state index is 13.3. The van der Waals surface area contributed by atoms with Gasteiger partial charge in [0.2, 0.25) is 0 Å². The summed E-state index contributed by atoms with van der Waals surface area (Å²) in [7, 11) is 0. The molecule has 0 aliphatic rings. The minimum absolute atomic E-state index is 0.250. The van der Waals surface area contributed by atoms with Crippen molar-refractivity contribution in [1.82, 2.24) is 0 Å². The van der Waals surface area contributed by atoms with Crippen LogP contribution in [0.2, 0.25) is 0 Å². The third kappa shape index (κ3) is 3.83. The number of halogens is 5. The van der Waals surface area contributed by atoms with Crippen molar-refractivity contribution >= 4 is 15.9 Å². The van der Waals surface area contributed by atoms with E-state index in [4.69, 9.17) is 5.73 Å². The molecule has 0 heterocycles. The maximum absolute atomic E-state index is 13.3. The molecule has 0 aliphatic carbocycles. The van der Waals surface area contributed by atoms with Crippen LogP contribution < -0.4 is 5.73 Å². The number of benzene rings is 2. The van der Waals surface area contributed by atoms with Crippen molar-refractivity contribution in [2.75, 3.05) is 0 Å². The molecule has 0 fully saturated rings. The summed E-state index contributed by atoms with van der Waals surface area (Å²) in [5, 5.41) is 0. The molecule has 0 amide bonds. The van der Waals surface area contributed by atoms with Crippen LogP contribution in [0.4, 0.5) is 17.6 Å². The van der Waals surface area contributed by atoms with E-state index >= 15 is 0 Å². The van der Waals surface area contributed by atoms with E-state index < -0.39 is 23.6 Å². The van der Waals surface area contributed by atoms with E-state index in [9.17, 15) is 17.6 Å². The van der Waals surface area contributed by atoms with E-state index in [2.05, 4.69) is 15.9 Å². The van der Waals surface area contributed by atoms with Crippen molar-refractivity contribution in [2.45, 2.75) is 18.6 Å². The van der Waals surface area contributed by atoms with Gasteiger partial charge in [0.1, 0.15) is 5.82 Å². The molecule has 0 saturated carbocycles. The van der Waals surface area contributed by atoms with Gasteiger partial charge in [-0.3, -0.25) is 0 Å². The molecule has 2 N–H and O–H groups in total. The Balaban J connectivity index is 2.28. The van der Waals surface area contributed by atoms with Crippen molar-refractivity contribution < 1.29 is 17.6 Å². The smallest absolute Gasteiger partial charge is 0.324 e. The molecular formula is C15H12BrF4N. The summed E-state index contributed by atoms with van der Waals surface area (Å²) in [6, 6.07) is 9.52. The summed E-state index contributed by atoms with van der Waals surface area (Å²) in [5.74, 6) is -1.29. The Morgan fingerprint density at radius 1 is 1.10 bits per heavy atom. The molecule has 0 aromatic heterocycles. The number of hydrogen-bond donors (Lipinski definition) is 1. The van der Waals surface area contributed by atoms with Crippen molar-refractivity contribution in [3.05, 3.63) is 69.4 Å². The van der Waals surface area contributed by atoms with Crippen LogP contribution in [-0.4, -0.2) is 0 Å². The minimum Gasteiger partial charge on any atom is -0.324 e. The Bertz CT molecular complexity index is 640. The molecule has 2 aromatic carbocycles. The minimum atomic E-state index is -4.73. The van der Waals surface area contributed by atoms with E-state index in [-0.39, 0.29) is 5.56 Å². The quantitative estimate of drug-likeness (QED) is 0.777. The fourth-order valence-electron chi connectivity index (χ4n) is 2.01. The molecule has 2 rings (SSSR count). The first-order valence-electron chi connectivity index (χ1n) is 6.14. The van der Waals surface area contributed by atoms with Gasteiger partial charge in [-0.15, -0.1) is 0 Å². The average Bonchev–Trinajstić information content (AvgIpc) is 2.40. The lowest BCUT2D eigenvalue weighted by atomic mass is 9.98. The third-order valence-electron chi connectivity index (χ3n) is 3.12. The molecule has 1 atom stereocenters. The SMILES string of the molecule is NC(Cc1ccccc1Br)c1ccc(F)c(C(F)(F)F)c1. The third-order valence-corrected chi connectivity index (χ3v) is 3.90. The van der Waals surface area contributed by atoms with Gasteiger partial charge in [-0.05, 0) is 35.7 Å². The van der Waals surface area contributed by atoms with Crippen LogP contribution in [0, 0.1) is 5.82 Å². The summed E-state index contributed by atoms with van der Waals surface area (Å²) in [5.41, 5.74) is 5.79. The van der Waals surface area contributed by atoms with E-state index in [0.717, 1.165) is 22.2 Å². The number of hydrogen-bond acceptors (Lipinski definition) is 1. The van der Waals surface area contributed by atoms with Gasteiger partial charge in [0, 0.05) is 10.5 Å². The van der Waals surface area contributed by atoms with Crippen LogP contribution in [0.5, 0.6) is 0 Å². The second kappa shape index (κ2) is 6.15. The Morgan fingerprint density at radius 3 is 2.38 bits per heavy atom. The molecule has 21 heavy (non-hydrogen) atoms. The topological polar surface area (TPSA) is 26.0 Å². The molecule has 1 unspecified atom stereocenters. The molecule has 112 valence electrons. The van der Waals surface area contributed by atoms with E-state index in [1.165, 1.54) is 6.07 Å². The second-order valence-electron chi connectivity index (χ2n) is 4.64. The zero-order valence-corrected chi connectivity index (χ0v) is 12.4. The molecule has 0 bridgehead atoms. The van der Waals surface area contributed by atoms with Crippen molar-refractivity contribution in [2.24, 2.45) is 5.73 Å². The number of nitrogens with two attached hydrogens (primary N) is 1. The molecule has 2 aromatic rings. The van der Waals surface area contributed by atoms with Gasteiger partial charge in [0.25, 0.3) is 0 Å². The summed E-state index contributed by atoms with van der Waals surface area (Å²) in [4.78, 5) is 0. The lowest BCUT2D eigenvalue weighted by molar-refractivity contribution is -0.140. The van der Waals surface area contributed by atoms with Crippen LogP contribution in [0.25, 0.3) is 0 Å². The zero-order chi connectivity index (χ0) is 15.6. The number of rotatable bonds is 3. The highest BCUT2D eigenvalue weighted by molar-refractivity contribution is 9.10. The first-order valence-corrected chi connectivity index (χ1v) is 6.94. The van der Waals surface area contributed by atoms with Crippen LogP contribution in [-0.2, 0) is 12.6 Å². The standard InChI is InChI=1S/C15H12BrF4N/c16-12-4-2-1-3-9(12)8-14(21)10-5-6-13(17)11(7-10)15(18,19)20/h1-7,14H,8,21H2. The Labute approximate surface area is 127 Å². The van der Waals surface area contributed by atoms with Crippen LogP contribution >= 0.6 is 15.9 Å². The highest BCUT2D eigenvalue weighted by atomic mass is 79.9. The van der Waals surface area contributed by atoms with Gasteiger partial charge >= 0.3 is 6.18 Å². The Morgan fingerprint density at radius 2 is 1.76 bits per heavy atom. The largest absolute Gasteiger partial charge is 0.419 e. The van der Waals surface area contributed by atoms with Gasteiger partial charge in [-0.1, -0.05) is 40.2 Å². The summed E-state index contributed by atoms with van der Waals surface area (Å²) in [6.45, 7) is 0. The summed E-state index contributed by atoms with van der Waals surface area (Å²) < 4.78 is 52.2. The fourth-order valence-corrected chi connectivity index (χ4v) is 2.46. The molecular weight excluding hydrogens is 350 g/mol. The monoisotopic (exact) mass is 361 g/mol. The van der Waals surface area contributed by atoms with Crippen molar-refractivity contribution in [1.29, 1.82) is 0 Å². The molecule has 1 nitrogen and oxygen atoms in total. The molecule has 0 aliphatic heterocycles. The summed E-state index contributed by atoms with van der Waals surface area (Å²) in [6.07, 6.45) is -4.38. The van der Waals surface area contributed by atoms with Crippen LogP contribution in [0.3, 0.4) is 0 Å². The highest BCUT2D eigenvalue weighted by Crippen LogP contribution is 2.33.